The molecule has 3 heteroatoms. The van der Waals surface area contributed by atoms with Crippen LogP contribution in [0.15, 0.2) is 12.7 Å². The second kappa shape index (κ2) is 7.56. The van der Waals surface area contributed by atoms with Gasteiger partial charge in [-0.25, -0.2) is 0 Å². The number of amides is 1. The number of nitrogens with zero attached hydrogens (tertiary/aromatic N) is 1. The molecule has 0 aromatic heterocycles. The maximum absolute atomic E-state index is 11.6. The molecule has 0 fully saturated rings. The van der Waals surface area contributed by atoms with Crippen LogP contribution in [0.5, 0.6) is 0 Å². The van der Waals surface area contributed by atoms with Crippen LogP contribution >= 0.6 is 0 Å². The quantitative estimate of drug-likeness (QED) is 0.631. The monoisotopic (exact) mass is 198 g/mol. The second-order valence-corrected chi connectivity index (χ2v) is 3.59. The average Bonchev–Trinajstić information content (AvgIpc) is 2.13. The first-order valence-corrected chi connectivity index (χ1v) is 5.26. The van der Waals surface area contributed by atoms with E-state index in [2.05, 4.69) is 6.58 Å². The van der Waals surface area contributed by atoms with Crippen molar-refractivity contribution in [2.24, 2.45) is 5.73 Å². The van der Waals surface area contributed by atoms with Gasteiger partial charge in [0.2, 0.25) is 5.91 Å². The van der Waals surface area contributed by atoms with E-state index in [1.807, 2.05) is 13.8 Å². The van der Waals surface area contributed by atoms with Gasteiger partial charge in [-0.2, -0.15) is 0 Å². The van der Waals surface area contributed by atoms with Crippen LogP contribution in [0.3, 0.4) is 0 Å². The molecule has 0 aliphatic heterocycles. The number of hydrogen-bond acceptors (Lipinski definition) is 2. The number of rotatable bonds is 7. The molecule has 0 spiro atoms. The molecule has 0 aromatic rings. The minimum absolute atomic E-state index is 0.192. The fourth-order valence-electron chi connectivity index (χ4n) is 1.30. The third-order valence-corrected chi connectivity index (χ3v) is 2.13. The van der Waals surface area contributed by atoms with E-state index < -0.39 is 0 Å². The molecule has 3 nitrogen and oxygen atoms in total. The van der Waals surface area contributed by atoms with E-state index in [4.69, 9.17) is 5.73 Å². The fourth-order valence-corrected chi connectivity index (χ4v) is 1.30. The van der Waals surface area contributed by atoms with Gasteiger partial charge in [-0.3, -0.25) is 4.79 Å². The van der Waals surface area contributed by atoms with Crippen LogP contribution in [0, 0.1) is 0 Å². The molecular formula is C11H22N2O. The first-order chi connectivity index (χ1) is 6.61. The van der Waals surface area contributed by atoms with Gasteiger partial charge in [0.25, 0.3) is 0 Å². The van der Waals surface area contributed by atoms with Crippen molar-refractivity contribution in [3.8, 4) is 0 Å². The summed E-state index contributed by atoms with van der Waals surface area (Å²) in [6, 6.07) is 0.192. The molecule has 1 atom stereocenters. The van der Waals surface area contributed by atoms with Crippen LogP contribution in [-0.2, 0) is 4.79 Å². The SMILES string of the molecule is C=CCN(CC)C(=O)CCCC(C)N. The summed E-state index contributed by atoms with van der Waals surface area (Å²) in [7, 11) is 0. The molecule has 0 saturated carbocycles. The lowest BCUT2D eigenvalue weighted by Gasteiger charge is -2.18. The van der Waals surface area contributed by atoms with Gasteiger partial charge in [0.05, 0.1) is 0 Å². The zero-order valence-corrected chi connectivity index (χ0v) is 9.33. The first kappa shape index (κ1) is 13.2. The summed E-state index contributed by atoms with van der Waals surface area (Å²) in [4.78, 5) is 13.4. The molecule has 2 N–H and O–H groups in total. The van der Waals surface area contributed by atoms with Crippen molar-refractivity contribution < 1.29 is 4.79 Å². The van der Waals surface area contributed by atoms with Crippen LogP contribution in [0.4, 0.5) is 0 Å². The van der Waals surface area contributed by atoms with Crippen molar-refractivity contribution in [2.75, 3.05) is 13.1 Å². The van der Waals surface area contributed by atoms with E-state index in [1.165, 1.54) is 0 Å². The highest BCUT2D eigenvalue weighted by Gasteiger charge is 2.09. The molecule has 82 valence electrons. The van der Waals surface area contributed by atoms with E-state index >= 15 is 0 Å². The molecule has 14 heavy (non-hydrogen) atoms. The van der Waals surface area contributed by atoms with Crippen molar-refractivity contribution in [1.29, 1.82) is 0 Å². The molecular weight excluding hydrogens is 176 g/mol. The van der Waals surface area contributed by atoms with Crippen LogP contribution in [0.1, 0.15) is 33.1 Å². The Hall–Kier alpha value is -0.830. The largest absolute Gasteiger partial charge is 0.339 e. The summed E-state index contributed by atoms with van der Waals surface area (Å²) in [5, 5.41) is 0. The summed E-state index contributed by atoms with van der Waals surface area (Å²) >= 11 is 0. The summed E-state index contributed by atoms with van der Waals surface area (Å²) in [6.45, 7) is 8.97. The number of carbonyl (C=O) groups excluding carboxylic acids is 1. The van der Waals surface area contributed by atoms with E-state index in [0.717, 1.165) is 19.4 Å². The average molecular weight is 198 g/mol. The molecule has 1 amide bonds. The fraction of sp³-hybridized carbons (Fsp3) is 0.727. The lowest BCUT2D eigenvalue weighted by atomic mass is 10.1. The van der Waals surface area contributed by atoms with Gasteiger partial charge >= 0.3 is 0 Å². The van der Waals surface area contributed by atoms with Crippen LogP contribution in [0.25, 0.3) is 0 Å². The van der Waals surface area contributed by atoms with E-state index in [-0.39, 0.29) is 11.9 Å². The summed E-state index contributed by atoms with van der Waals surface area (Å²) in [5.74, 6) is 0.202. The van der Waals surface area contributed by atoms with Gasteiger partial charge in [0, 0.05) is 25.6 Å². The van der Waals surface area contributed by atoms with Gasteiger partial charge in [-0.15, -0.1) is 6.58 Å². The normalized spacial score (nSPS) is 12.2. The maximum Gasteiger partial charge on any atom is 0.222 e. The van der Waals surface area contributed by atoms with E-state index in [1.54, 1.807) is 11.0 Å². The minimum atomic E-state index is 0.192. The Balaban J connectivity index is 3.74. The lowest BCUT2D eigenvalue weighted by molar-refractivity contribution is -0.130. The van der Waals surface area contributed by atoms with Crippen molar-refractivity contribution >= 4 is 5.91 Å². The minimum Gasteiger partial charge on any atom is -0.339 e. The Labute approximate surface area is 87.0 Å². The third-order valence-electron chi connectivity index (χ3n) is 2.13. The Morgan fingerprint density at radius 3 is 2.71 bits per heavy atom. The number of likely N-dealkylation sites (N-methyl/N-ethyl adjacent to an activating group) is 1. The van der Waals surface area contributed by atoms with Gasteiger partial charge in [-0.1, -0.05) is 6.08 Å². The van der Waals surface area contributed by atoms with Crippen molar-refractivity contribution in [3.63, 3.8) is 0 Å². The van der Waals surface area contributed by atoms with E-state index in [0.29, 0.717) is 13.0 Å². The van der Waals surface area contributed by atoms with Gasteiger partial charge in [0.1, 0.15) is 0 Å². The third kappa shape index (κ3) is 5.75. The van der Waals surface area contributed by atoms with Crippen LogP contribution in [0.2, 0.25) is 0 Å². The summed E-state index contributed by atoms with van der Waals surface area (Å²) < 4.78 is 0. The molecule has 0 bridgehead atoms. The highest BCUT2D eigenvalue weighted by molar-refractivity contribution is 5.76. The molecule has 0 radical (unpaired) electrons. The van der Waals surface area contributed by atoms with Crippen LogP contribution in [-0.4, -0.2) is 29.9 Å². The molecule has 0 rings (SSSR count). The van der Waals surface area contributed by atoms with Gasteiger partial charge in [-0.05, 0) is 26.7 Å². The zero-order chi connectivity index (χ0) is 11.0. The van der Waals surface area contributed by atoms with E-state index in [9.17, 15) is 4.79 Å². The molecule has 0 aliphatic rings. The van der Waals surface area contributed by atoms with Crippen molar-refractivity contribution in [1.82, 2.24) is 4.90 Å². The number of hydrogen-bond donors (Lipinski definition) is 1. The Morgan fingerprint density at radius 2 is 2.29 bits per heavy atom. The molecule has 0 aliphatic carbocycles. The summed E-state index contributed by atoms with van der Waals surface area (Å²) in [6.07, 6.45) is 4.15. The van der Waals surface area contributed by atoms with Crippen molar-refractivity contribution in [2.45, 2.75) is 39.2 Å². The predicted molar refractivity (Wildman–Crippen MR) is 60.0 cm³/mol. The van der Waals surface area contributed by atoms with Gasteiger partial charge < -0.3 is 10.6 Å². The Kier molecular flexibility index (Phi) is 7.11. The standard InChI is InChI=1S/C11H22N2O/c1-4-9-13(5-2)11(14)8-6-7-10(3)12/h4,10H,1,5-9,12H2,2-3H3. The number of nitrogens with two attached hydrogens (primary N) is 1. The molecule has 0 aromatic carbocycles. The Morgan fingerprint density at radius 1 is 1.64 bits per heavy atom. The topological polar surface area (TPSA) is 46.3 Å². The Bertz CT molecular complexity index is 178. The van der Waals surface area contributed by atoms with Crippen molar-refractivity contribution in [3.05, 3.63) is 12.7 Å². The molecule has 0 heterocycles. The molecule has 1 unspecified atom stereocenters. The molecule has 0 saturated heterocycles. The maximum atomic E-state index is 11.6. The predicted octanol–water partition coefficient (Wildman–Crippen LogP) is 1.54. The van der Waals surface area contributed by atoms with Crippen LogP contribution < -0.4 is 5.73 Å². The number of carbonyl (C=O) groups is 1. The first-order valence-electron chi connectivity index (χ1n) is 5.26. The van der Waals surface area contributed by atoms with Gasteiger partial charge in [0.15, 0.2) is 0 Å². The highest BCUT2D eigenvalue weighted by atomic mass is 16.2. The lowest BCUT2D eigenvalue weighted by Crippen LogP contribution is -2.30. The second-order valence-electron chi connectivity index (χ2n) is 3.59. The highest BCUT2D eigenvalue weighted by Crippen LogP contribution is 2.02. The zero-order valence-electron chi connectivity index (χ0n) is 9.33. The smallest absolute Gasteiger partial charge is 0.222 e. The summed E-state index contributed by atoms with van der Waals surface area (Å²) in [5.41, 5.74) is 5.60.